The third-order valence-electron chi connectivity index (χ3n) is 3.27. The van der Waals surface area contributed by atoms with Crippen LogP contribution >= 0.6 is 7.82 Å². The lowest BCUT2D eigenvalue weighted by Gasteiger charge is -2.43. The Morgan fingerprint density at radius 3 is 2.24 bits per heavy atom. The number of aryl methyl sites for hydroxylation is 1. The molecule has 1 aromatic carbocycles. The molecule has 21 heavy (non-hydrogen) atoms. The maximum absolute atomic E-state index is 12.6. The van der Waals surface area contributed by atoms with Gasteiger partial charge in [0.2, 0.25) is 0 Å². The Labute approximate surface area is 127 Å². The van der Waals surface area contributed by atoms with Crippen molar-refractivity contribution >= 4 is 7.82 Å². The lowest BCUT2D eigenvalue weighted by molar-refractivity contribution is -0.0892. The highest BCUT2D eigenvalue weighted by atomic mass is 31.2. The predicted molar refractivity (Wildman–Crippen MR) is 83.3 cm³/mol. The van der Waals surface area contributed by atoms with Crippen molar-refractivity contribution < 1.29 is 18.1 Å². The second-order valence-electron chi connectivity index (χ2n) is 6.75. The number of hydrogen-bond donors (Lipinski definition) is 0. The molecule has 118 valence electrons. The molecule has 1 fully saturated rings. The van der Waals surface area contributed by atoms with Gasteiger partial charge in [0, 0.05) is 6.42 Å². The van der Waals surface area contributed by atoms with E-state index in [0.29, 0.717) is 13.0 Å². The predicted octanol–water partition coefficient (Wildman–Crippen LogP) is 4.74. The maximum Gasteiger partial charge on any atom is 0.475 e. The van der Waals surface area contributed by atoms with E-state index < -0.39 is 19.0 Å². The summed E-state index contributed by atoms with van der Waals surface area (Å²) >= 11 is 0. The van der Waals surface area contributed by atoms with Crippen LogP contribution in [0.4, 0.5) is 0 Å². The van der Waals surface area contributed by atoms with E-state index in [1.165, 1.54) is 5.56 Å². The van der Waals surface area contributed by atoms with Gasteiger partial charge in [-0.2, -0.15) is 0 Å². The van der Waals surface area contributed by atoms with Gasteiger partial charge in [-0.25, -0.2) is 4.57 Å². The van der Waals surface area contributed by atoms with Crippen LogP contribution < -0.4 is 0 Å². The zero-order valence-electron chi connectivity index (χ0n) is 13.3. The molecule has 0 amide bonds. The van der Waals surface area contributed by atoms with Crippen molar-refractivity contribution in [3.63, 3.8) is 0 Å². The Hall–Kier alpha value is -0.670. The van der Waals surface area contributed by atoms with E-state index in [4.69, 9.17) is 13.6 Å². The molecular weight excluding hydrogens is 287 g/mol. The van der Waals surface area contributed by atoms with Gasteiger partial charge >= 0.3 is 7.82 Å². The van der Waals surface area contributed by atoms with Crippen LogP contribution in [0.15, 0.2) is 30.3 Å². The smallest absolute Gasteiger partial charge is 0.287 e. The van der Waals surface area contributed by atoms with Gasteiger partial charge in [0.05, 0.1) is 17.8 Å². The van der Waals surface area contributed by atoms with Crippen molar-refractivity contribution in [3.05, 3.63) is 35.9 Å². The Balaban J connectivity index is 1.85. The van der Waals surface area contributed by atoms with Gasteiger partial charge in [0.25, 0.3) is 0 Å². The van der Waals surface area contributed by atoms with Crippen LogP contribution in [-0.4, -0.2) is 17.8 Å². The molecule has 0 N–H and O–H groups in total. The lowest BCUT2D eigenvalue weighted by atomic mass is 9.93. The molecule has 0 aromatic heterocycles. The molecule has 0 unspecified atom stereocenters. The molecule has 0 aliphatic carbocycles. The minimum absolute atomic E-state index is 0.359. The van der Waals surface area contributed by atoms with Gasteiger partial charge in [-0.1, -0.05) is 30.3 Å². The van der Waals surface area contributed by atoms with Crippen LogP contribution in [0.25, 0.3) is 0 Å². The van der Waals surface area contributed by atoms with Gasteiger partial charge in [-0.15, -0.1) is 0 Å². The highest BCUT2D eigenvalue weighted by Gasteiger charge is 2.48. The van der Waals surface area contributed by atoms with E-state index in [9.17, 15) is 4.57 Å². The van der Waals surface area contributed by atoms with Crippen LogP contribution in [0.5, 0.6) is 0 Å². The molecule has 1 heterocycles. The van der Waals surface area contributed by atoms with Gasteiger partial charge < -0.3 is 0 Å². The van der Waals surface area contributed by atoms with E-state index in [2.05, 4.69) is 12.1 Å². The average molecular weight is 312 g/mol. The monoisotopic (exact) mass is 312 g/mol. The van der Waals surface area contributed by atoms with Gasteiger partial charge in [-0.05, 0) is 46.1 Å². The third-order valence-corrected chi connectivity index (χ3v) is 5.21. The standard InChI is InChI=1S/C16H25O4P/c1-15(2)13-16(3,4)20-21(17,19-15)18-12-8-11-14-9-6-5-7-10-14/h5-7,9-10H,8,11-13H2,1-4H3. The Morgan fingerprint density at radius 1 is 1.10 bits per heavy atom. The van der Waals surface area contributed by atoms with Crippen molar-refractivity contribution in [1.29, 1.82) is 0 Å². The number of rotatable bonds is 5. The van der Waals surface area contributed by atoms with Crippen LogP contribution in [0.2, 0.25) is 0 Å². The molecular formula is C16H25O4P. The molecule has 4 nitrogen and oxygen atoms in total. The second kappa shape index (κ2) is 6.21. The van der Waals surface area contributed by atoms with Gasteiger partial charge in [-0.3, -0.25) is 13.6 Å². The van der Waals surface area contributed by atoms with E-state index in [0.717, 1.165) is 12.8 Å². The minimum atomic E-state index is -3.48. The first-order chi connectivity index (χ1) is 9.70. The van der Waals surface area contributed by atoms with E-state index in [1.807, 2.05) is 45.9 Å². The largest absolute Gasteiger partial charge is 0.475 e. The summed E-state index contributed by atoms with van der Waals surface area (Å²) in [6.07, 6.45) is 2.34. The highest BCUT2D eigenvalue weighted by Crippen LogP contribution is 2.60. The molecule has 0 spiro atoms. The number of hydrogen-bond acceptors (Lipinski definition) is 4. The fourth-order valence-electron chi connectivity index (χ4n) is 2.86. The summed E-state index contributed by atoms with van der Waals surface area (Å²) in [4.78, 5) is 0. The summed E-state index contributed by atoms with van der Waals surface area (Å²) in [5.74, 6) is 0. The molecule has 0 radical (unpaired) electrons. The summed E-state index contributed by atoms with van der Waals surface area (Å²) in [5.41, 5.74) is 0.235. The molecule has 0 saturated carbocycles. The van der Waals surface area contributed by atoms with Crippen molar-refractivity contribution in [3.8, 4) is 0 Å². The van der Waals surface area contributed by atoms with Crippen LogP contribution in [0.3, 0.4) is 0 Å². The van der Waals surface area contributed by atoms with E-state index >= 15 is 0 Å². The lowest BCUT2D eigenvalue weighted by Crippen LogP contribution is -2.41. The molecule has 1 saturated heterocycles. The fraction of sp³-hybridized carbons (Fsp3) is 0.625. The first kappa shape index (κ1) is 16.7. The molecule has 1 aliphatic rings. The third kappa shape index (κ3) is 5.23. The summed E-state index contributed by atoms with van der Waals surface area (Å²) in [7, 11) is -3.48. The highest BCUT2D eigenvalue weighted by molar-refractivity contribution is 7.48. The molecule has 5 heteroatoms. The van der Waals surface area contributed by atoms with Crippen LogP contribution in [0, 0.1) is 0 Å². The normalized spacial score (nSPS) is 22.9. The zero-order valence-corrected chi connectivity index (χ0v) is 14.2. The maximum atomic E-state index is 12.6. The average Bonchev–Trinajstić information content (AvgIpc) is 2.31. The van der Waals surface area contributed by atoms with Crippen molar-refractivity contribution in [2.45, 2.75) is 58.2 Å². The first-order valence-electron chi connectivity index (χ1n) is 7.40. The Morgan fingerprint density at radius 2 is 1.67 bits per heavy atom. The van der Waals surface area contributed by atoms with Crippen LogP contribution in [-0.2, 0) is 24.6 Å². The van der Waals surface area contributed by atoms with Gasteiger partial charge in [0.15, 0.2) is 0 Å². The molecule has 0 atom stereocenters. The number of phosphoric acid groups is 1. The quantitative estimate of drug-likeness (QED) is 0.582. The van der Waals surface area contributed by atoms with Crippen molar-refractivity contribution in [2.75, 3.05) is 6.61 Å². The van der Waals surface area contributed by atoms with Gasteiger partial charge in [0.1, 0.15) is 0 Å². The van der Waals surface area contributed by atoms with Crippen molar-refractivity contribution in [2.24, 2.45) is 0 Å². The topological polar surface area (TPSA) is 44.8 Å². The zero-order chi connectivity index (χ0) is 15.6. The number of phosphoric ester groups is 1. The minimum Gasteiger partial charge on any atom is -0.287 e. The molecule has 1 aromatic rings. The fourth-order valence-corrected chi connectivity index (χ4v) is 4.70. The summed E-state index contributed by atoms with van der Waals surface area (Å²) in [6.45, 7) is 8.02. The van der Waals surface area contributed by atoms with Crippen LogP contribution in [0.1, 0.15) is 46.1 Å². The summed E-state index contributed by atoms with van der Waals surface area (Å²) < 4.78 is 29.2. The molecule has 2 rings (SSSR count). The second-order valence-corrected chi connectivity index (χ2v) is 8.27. The first-order valence-corrected chi connectivity index (χ1v) is 8.86. The molecule has 0 bridgehead atoms. The Kier molecular flexibility index (Phi) is 4.94. The van der Waals surface area contributed by atoms with E-state index in [1.54, 1.807) is 0 Å². The number of benzene rings is 1. The molecule has 1 aliphatic heterocycles. The van der Waals surface area contributed by atoms with E-state index in [-0.39, 0.29) is 0 Å². The summed E-state index contributed by atoms with van der Waals surface area (Å²) in [5, 5.41) is 0. The Bertz CT molecular complexity index is 490. The SMILES string of the molecule is CC1(C)CC(C)(C)OP(=O)(OCCCc2ccccc2)O1. The van der Waals surface area contributed by atoms with Crippen molar-refractivity contribution in [1.82, 2.24) is 0 Å². The summed E-state index contributed by atoms with van der Waals surface area (Å²) in [6, 6.07) is 10.2.